The van der Waals surface area contributed by atoms with E-state index in [0.717, 1.165) is 5.69 Å². The van der Waals surface area contributed by atoms with Gasteiger partial charge in [0.05, 0.1) is 19.0 Å². The number of hydrogen-bond acceptors (Lipinski definition) is 6. The summed E-state index contributed by atoms with van der Waals surface area (Å²) in [6.07, 6.45) is 1.33. The maximum Gasteiger partial charge on any atom is 0.410 e. The minimum Gasteiger partial charge on any atom is -0.478 e. The molecule has 0 radical (unpaired) electrons. The third-order valence-electron chi connectivity index (χ3n) is 2.93. The molecule has 0 bridgehead atoms. The summed E-state index contributed by atoms with van der Waals surface area (Å²) in [6.45, 7) is 6.66. The van der Waals surface area contributed by atoms with Gasteiger partial charge >= 0.3 is 6.09 Å². The molecule has 1 fully saturated rings. The fourth-order valence-corrected chi connectivity index (χ4v) is 1.90. The third kappa shape index (κ3) is 3.09. The number of anilines is 1. The van der Waals surface area contributed by atoms with Gasteiger partial charge in [0, 0.05) is 19.0 Å². The first kappa shape index (κ1) is 14.4. The summed E-state index contributed by atoms with van der Waals surface area (Å²) in [6, 6.07) is 0. The lowest BCUT2D eigenvalue weighted by Crippen LogP contribution is -2.50. The first-order valence-corrected chi connectivity index (χ1v) is 6.44. The Morgan fingerprint density at radius 2 is 2.10 bits per heavy atom. The normalized spacial score (nSPS) is 15.7. The smallest absolute Gasteiger partial charge is 0.410 e. The molecule has 2 N–H and O–H groups in total. The van der Waals surface area contributed by atoms with Crippen LogP contribution in [0.15, 0.2) is 6.20 Å². The molecule has 0 aliphatic carbocycles. The number of likely N-dealkylation sites (tertiary alicyclic amines) is 1. The average molecular weight is 280 g/mol. The highest BCUT2D eigenvalue weighted by Crippen LogP contribution is 2.28. The van der Waals surface area contributed by atoms with Gasteiger partial charge < -0.3 is 20.1 Å². The topological polar surface area (TPSA) is 90.6 Å². The second kappa shape index (κ2) is 5.15. The summed E-state index contributed by atoms with van der Waals surface area (Å²) in [7, 11) is 1.49. The molecule has 7 nitrogen and oxygen atoms in total. The molecule has 1 amide bonds. The maximum atomic E-state index is 11.8. The SMILES string of the molecule is COc1ncc(C2CN(C(=O)OC(C)(C)C)C2)nc1N. The van der Waals surface area contributed by atoms with Crippen LogP contribution in [-0.4, -0.2) is 46.8 Å². The Morgan fingerprint density at radius 3 is 2.60 bits per heavy atom. The molecule has 1 aliphatic heterocycles. The number of ether oxygens (including phenoxy) is 2. The van der Waals surface area contributed by atoms with E-state index in [2.05, 4.69) is 9.97 Å². The number of amides is 1. The second-order valence-corrected chi connectivity index (χ2v) is 5.77. The summed E-state index contributed by atoms with van der Waals surface area (Å²) in [5.74, 6) is 0.723. The maximum absolute atomic E-state index is 11.8. The zero-order valence-corrected chi connectivity index (χ0v) is 12.2. The van der Waals surface area contributed by atoms with Crippen molar-refractivity contribution >= 4 is 11.9 Å². The van der Waals surface area contributed by atoms with Gasteiger partial charge in [-0.05, 0) is 20.8 Å². The number of nitrogen functional groups attached to an aromatic ring is 1. The van der Waals surface area contributed by atoms with Gasteiger partial charge in [0.25, 0.3) is 5.88 Å². The Kier molecular flexibility index (Phi) is 3.69. The lowest BCUT2D eigenvalue weighted by molar-refractivity contribution is 0.00785. The van der Waals surface area contributed by atoms with Crippen LogP contribution in [0.25, 0.3) is 0 Å². The standard InChI is InChI=1S/C13H20N4O3/c1-13(2,3)20-12(18)17-6-8(7-17)9-5-15-11(19-4)10(14)16-9/h5,8H,6-7H2,1-4H3,(H2,14,16). The van der Waals surface area contributed by atoms with Crippen molar-refractivity contribution in [1.82, 2.24) is 14.9 Å². The molecule has 0 aromatic carbocycles. The molecule has 1 aromatic heterocycles. The largest absolute Gasteiger partial charge is 0.478 e. The molecule has 1 saturated heterocycles. The lowest BCUT2D eigenvalue weighted by atomic mass is 9.97. The van der Waals surface area contributed by atoms with E-state index in [1.54, 1.807) is 11.1 Å². The average Bonchev–Trinajstić information content (AvgIpc) is 2.24. The molecule has 0 saturated carbocycles. The second-order valence-electron chi connectivity index (χ2n) is 5.77. The Hall–Kier alpha value is -2.05. The van der Waals surface area contributed by atoms with Crippen LogP contribution in [-0.2, 0) is 4.74 Å². The molecule has 0 spiro atoms. The molecule has 2 rings (SSSR count). The van der Waals surface area contributed by atoms with Gasteiger partial charge in [0.15, 0.2) is 5.82 Å². The van der Waals surface area contributed by atoms with Crippen LogP contribution in [0.4, 0.5) is 10.6 Å². The minimum atomic E-state index is -0.480. The summed E-state index contributed by atoms with van der Waals surface area (Å²) in [4.78, 5) is 21.8. The number of carbonyl (C=O) groups excluding carboxylic acids is 1. The van der Waals surface area contributed by atoms with Crippen LogP contribution < -0.4 is 10.5 Å². The molecular formula is C13H20N4O3. The van der Waals surface area contributed by atoms with Crippen molar-refractivity contribution in [3.63, 3.8) is 0 Å². The van der Waals surface area contributed by atoms with E-state index in [4.69, 9.17) is 15.2 Å². The highest BCUT2D eigenvalue weighted by Gasteiger charge is 2.35. The zero-order chi connectivity index (χ0) is 14.9. The summed E-state index contributed by atoms with van der Waals surface area (Å²) < 4.78 is 10.3. The monoisotopic (exact) mass is 280 g/mol. The number of rotatable bonds is 2. The summed E-state index contributed by atoms with van der Waals surface area (Å²) in [5.41, 5.74) is 6.01. The van der Waals surface area contributed by atoms with E-state index in [1.165, 1.54) is 7.11 Å². The van der Waals surface area contributed by atoms with Gasteiger partial charge in [-0.3, -0.25) is 0 Å². The fourth-order valence-electron chi connectivity index (χ4n) is 1.90. The van der Waals surface area contributed by atoms with Crippen LogP contribution in [0.2, 0.25) is 0 Å². The zero-order valence-electron chi connectivity index (χ0n) is 12.2. The van der Waals surface area contributed by atoms with E-state index in [1.807, 2.05) is 20.8 Å². The molecular weight excluding hydrogens is 260 g/mol. The van der Waals surface area contributed by atoms with Crippen LogP contribution in [0.3, 0.4) is 0 Å². The number of aromatic nitrogens is 2. The molecule has 110 valence electrons. The van der Waals surface area contributed by atoms with Crippen LogP contribution in [0, 0.1) is 0 Å². The molecule has 0 unspecified atom stereocenters. The van der Waals surface area contributed by atoms with Gasteiger partial charge in [-0.1, -0.05) is 0 Å². The number of hydrogen-bond donors (Lipinski definition) is 1. The molecule has 0 atom stereocenters. The van der Waals surface area contributed by atoms with Crippen LogP contribution in [0.1, 0.15) is 32.4 Å². The highest BCUT2D eigenvalue weighted by atomic mass is 16.6. The summed E-state index contributed by atoms with van der Waals surface area (Å²) >= 11 is 0. The van der Waals surface area contributed by atoms with E-state index in [-0.39, 0.29) is 17.8 Å². The van der Waals surface area contributed by atoms with Crippen LogP contribution in [0.5, 0.6) is 5.88 Å². The predicted molar refractivity (Wildman–Crippen MR) is 73.5 cm³/mol. The predicted octanol–water partition coefficient (Wildman–Crippen LogP) is 1.40. The van der Waals surface area contributed by atoms with Gasteiger partial charge in [0.2, 0.25) is 0 Å². The highest BCUT2D eigenvalue weighted by molar-refractivity contribution is 5.69. The molecule has 7 heteroatoms. The molecule has 1 aromatic rings. The van der Waals surface area contributed by atoms with Crippen molar-refractivity contribution in [2.75, 3.05) is 25.9 Å². The van der Waals surface area contributed by atoms with Gasteiger partial charge in [0.1, 0.15) is 5.60 Å². The molecule has 20 heavy (non-hydrogen) atoms. The fraction of sp³-hybridized carbons (Fsp3) is 0.615. The van der Waals surface area contributed by atoms with Crippen molar-refractivity contribution in [3.05, 3.63) is 11.9 Å². The Labute approximate surface area is 118 Å². The number of nitrogens with two attached hydrogens (primary N) is 1. The van der Waals surface area contributed by atoms with Crippen molar-refractivity contribution in [2.45, 2.75) is 32.3 Å². The summed E-state index contributed by atoms with van der Waals surface area (Å²) in [5, 5.41) is 0. The van der Waals surface area contributed by atoms with E-state index >= 15 is 0 Å². The van der Waals surface area contributed by atoms with Crippen molar-refractivity contribution in [1.29, 1.82) is 0 Å². The Balaban J connectivity index is 1.93. The van der Waals surface area contributed by atoms with Crippen molar-refractivity contribution in [3.8, 4) is 5.88 Å². The first-order valence-electron chi connectivity index (χ1n) is 6.44. The number of carbonyl (C=O) groups is 1. The van der Waals surface area contributed by atoms with Crippen LogP contribution >= 0.6 is 0 Å². The van der Waals surface area contributed by atoms with E-state index < -0.39 is 5.60 Å². The lowest BCUT2D eigenvalue weighted by Gasteiger charge is -2.39. The van der Waals surface area contributed by atoms with Crippen molar-refractivity contribution in [2.24, 2.45) is 0 Å². The van der Waals surface area contributed by atoms with Gasteiger partial charge in [-0.2, -0.15) is 0 Å². The number of methoxy groups -OCH3 is 1. The first-order chi connectivity index (χ1) is 9.30. The Bertz CT molecular complexity index is 507. The van der Waals surface area contributed by atoms with Gasteiger partial charge in [-0.25, -0.2) is 14.8 Å². The molecule has 2 heterocycles. The number of nitrogens with zero attached hydrogens (tertiary/aromatic N) is 3. The van der Waals surface area contributed by atoms with Crippen molar-refractivity contribution < 1.29 is 14.3 Å². The van der Waals surface area contributed by atoms with E-state index in [0.29, 0.717) is 19.0 Å². The minimum absolute atomic E-state index is 0.142. The van der Waals surface area contributed by atoms with E-state index in [9.17, 15) is 4.79 Å². The third-order valence-corrected chi connectivity index (χ3v) is 2.93. The molecule has 1 aliphatic rings. The van der Waals surface area contributed by atoms with Gasteiger partial charge in [-0.15, -0.1) is 0 Å². The quantitative estimate of drug-likeness (QED) is 0.880. The Morgan fingerprint density at radius 1 is 1.45 bits per heavy atom.